The van der Waals surface area contributed by atoms with Crippen LogP contribution in [0, 0.1) is 24.7 Å². The number of carbonyl (C=O) groups excluding carboxylic acids is 1. The number of hydrogen-bond donors (Lipinski definition) is 3. The van der Waals surface area contributed by atoms with Crippen LogP contribution in [0.1, 0.15) is 59.7 Å². The largest absolute Gasteiger partial charge is 0.448 e. The molecule has 28 heavy (non-hydrogen) atoms. The fraction of sp³-hybridized carbons (Fsp3) is 0.571. The first-order chi connectivity index (χ1) is 13.4. The Bertz CT molecular complexity index is 908. The van der Waals surface area contributed by atoms with Gasteiger partial charge in [0.25, 0.3) is 5.91 Å². The van der Waals surface area contributed by atoms with E-state index in [4.69, 9.17) is 10.2 Å². The van der Waals surface area contributed by atoms with Crippen molar-refractivity contribution in [2.24, 2.45) is 23.5 Å². The second kappa shape index (κ2) is 6.30. The number of anilines is 1. The van der Waals surface area contributed by atoms with E-state index in [0.717, 1.165) is 49.2 Å². The molecule has 2 aromatic rings. The van der Waals surface area contributed by atoms with Crippen LogP contribution in [0.15, 0.2) is 22.9 Å². The molecule has 4 N–H and O–H groups in total. The Labute approximate surface area is 163 Å². The summed E-state index contributed by atoms with van der Waals surface area (Å²) in [6.45, 7) is 1.88. The number of aryl methyl sites for hydroxylation is 1. The summed E-state index contributed by atoms with van der Waals surface area (Å²) in [5.74, 6) is 1.61. The number of nitrogens with zero attached hydrogens (tertiary/aromatic N) is 2. The third-order valence-corrected chi connectivity index (χ3v) is 6.79. The van der Waals surface area contributed by atoms with Gasteiger partial charge in [-0.15, -0.1) is 0 Å². The summed E-state index contributed by atoms with van der Waals surface area (Å²) in [6.07, 6.45) is 8.56. The number of amides is 1. The van der Waals surface area contributed by atoms with Crippen LogP contribution >= 0.6 is 0 Å². The number of nitrogens with two attached hydrogens (primary N) is 1. The Hall–Kier alpha value is -2.41. The Morgan fingerprint density at radius 3 is 2.71 bits per heavy atom. The molecule has 4 aliphatic carbocycles. The third-order valence-electron chi connectivity index (χ3n) is 6.79. The van der Waals surface area contributed by atoms with E-state index in [9.17, 15) is 9.90 Å². The van der Waals surface area contributed by atoms with Gasteiger partial charge in [-0.25, -0.2) is 4.98 Å². The second-order valence-corrected chi connectivity index (χ2v) is 9.01. The van der Waals surface area contributed by atoms with Gasteiger partial charge >= 0.3 is 0 Å². The molecule has 4 fully saturated rings. The molecule has 0 aromatic carbocycles. The van der Waals surface area contributed by atoms with Crippen molar-refractivity contribution in [1.82, 2.24) is 9.97 Å². The minimum atomic E-state index is -0.490. The Morgan fingerprint density at radius 1 is 1.36 bits per heavy atom. The zero-order chi connectivity index (χ0) is 19.5. The minimum absolute atomic E-state index is 0.258. The van der Waals surface area contributed by atoms with Crippen molar-refractivity contribution in [2.45, 2.75) is 57.1 Å². The summed E-state index contributed by atoms with van der Waals surface area (Å²) in [6, 6.07) is 2.15. The lowest BCUT2D eigenvalue weighted by atomic mass is 9.52. The number of oxazole rings is 1. The van der Waals surface area contributed by atoms with Gasteiger partial charge in [-0.05, 0) is 62.8 Å². The summed E-state index contributed by atoms with van der Waals surface area (Å²) >= 11 is 0. The number of pyridine rings is 1. The summed E-state index contributed by atoms with van der Waals surface area (Å²) in [5.41, 5.74) is 7.86. The molecular weight excluding hydrogens is 356 g/mol. The number of aromatic nitrogens is 2. The maximum atomic E-state index is 12.0. The van der Waals surface area contributed by atoms with Crippen molar-refractivity contribution in [1.29, 1.82) is 0 Å². The molecule has 0 aliphatic heterocycles. The highest BCUT2D eigenvalue weighted by molar-refractivity contribution is 5.98. The maximum absolute atomic E-state index is 12.0. The SMILES string of the molecule is Cc1coc(Cc2cc(NC3[C@@H]4CC5C[C@H]3CC(O)(C5)C4)c(C(N)=O)cn2)n1. The lowest BCUT2D eigenvalue weighted by Gasteiger charge is -2.58. The Kier molecular flexibility index (Phi) is 3.98. The highest BCUT2D eigenvalue weighted by atomic mass is 16.3. The van der Waals surface area contributed by atoms with Gasteiger partial charge in [-0.2, -0.15) is 0 Å². The van der Waals surface area contributed by atoms with E-state index in [1.807, 2.05) is 13.0 Å². The number of primary amides is 1. The average molecular weight is 382 g/mol. The van der Waals surface area contributed by atoms with E-state index in [1.54, 1.807) is 12.5 Å². The van der Waals surface area contributed by atoms with E-state index < -0.39 is 11.5 Å². The first-order valence-corrected chi connectivity index (χ1v) is 10.1. The molecule has 6 rings (SSSR count). The zero-order valence-corrected chi connectivity index (χ0v) is 16.0. The standard InChI is InChI=1S/C21H26N4O3/c1-11-10-28-18(24-11)5-15-4-17(16(9-23-15)20(22)26)25-19-13-2-12-3-14(19)8-21(27,6-12)7-13/h4,9-10,12-14,19,27H,2-3,5-8H2,1H3,(H2,22,26)(H,23,25)/t12?,13-,14+,19?,21?. The molecule has 3 unspecified atom stereocenters. The van der Waals surface area contributed by atoms with Gasteiger partial charge in [0.05, 0.1) is 34.7 Å². The van der Waals surface area contributed by atoms with Gasteiger partial charge < -0.3 is 20.6 Å². The predicted molar refractivity (Wildman–Crippen MR) is 103 cm³/mol. The number of carbonyl (C=O) groups is 1. The van der Waals surface area contributed by atoms with E-state index in [0.29, 0.717) is 35.6 Å². The first kappa shape index (κ1) is 17.7. The number of hydrogen-bond acceptors (Lipinski definition) is 6. The van der Waals surface area contributed by atoms with Crippen molar-refractivity contribution in [3.63, 3.8) is 0 Å². The highest BCUT2D eigenvalue weighted by Gasteiger charge is 2.54. The molecule has 2 heterocycles. The van der Waals surface area contributed by atoms with Crippen molar-refractivity contribution in [3.05, 3.63) is 41.4 Å². The van der Waals surface area contributed by atoms with Crippen LogP contribution in [0.4, 0.5) is 5.69 Å². The molecule has 7 heteroatoms. The molecule has 4 bridgehead atoms. The number of nitrogens with one attached hydrogen (secondary N) is 1. The van der Waals surface area contributed by atoms with Gasteiger partial charge in [-0.1, -0.05) is 0 Å². The van der Waals surface area contributed by atoms with Crippen LogP contribution in [-0.2, 0) is 6.42 Å². The first-order valence-electron chi connectivity index (χ1n) is 10.1. The number of aliphatic hydroxyl groups is 1. The van der Waals surface area contributed by atoms with Crippen molar-refractivity contribution in [3.8, 4) is 0 Å². The summed E-state index contributed by atoms with van der Waals surface area (Å²) in [7, 11) is 0. The van der Waals surface area contributed by atoms with Crippen molar-refractivity contribution >= 4 is 11.6 Å². The van der Waals surface area contributed by atoms with Gasteiger partial charge in [0, 0.05) is 12.2 Å². The summed E-state index contributed by atoms with van der Waals surface area (Å²) in [5, 5.41) is 14.4. The third kappa shape index (κ3) is 3.07. The Balaban J connectivity index is 1.42. The molecule has 4 aliphatic rings. The predicted octanol–water partition coefficient (Wildman–Crippen LogP) is 2.42. The topological polar surface area (TPSA) is 114 Å². The van der Waals surface area contributed by atoms with Gasteiger partial charge in [0.1, 0.15) is 6.26 Å². The fourth-order valence-electron chi connectivity index (χ4n) is 5.95. The summed E-state index contributed by atoms with van der Waals surface area (Å²) < 4.78 is 5.43. The van der Waals surface area contributed by atoms with E-state index in [2.05, 4.69) is 15.3 Å². The molecule has 0 radical (unpaired) electrons. The lowest BCUT2D eigenvalue weighted by Crippen LogP contribution is -2.59. The molecule has 0 spiro atoms. The van der Waals surface area contributed by atoms with Gasteiger partial charge in [0.2, 0.25) is 0 Å². The quantitative estimate of drug-likeness (QED) is 0.732. The molecule has 7 nitrogen and oxygen atoms in total. The highest BCUT2D eigenvalue weighted by Crippen LogP contribution is 2.56. The summed E-state index contributed by atoms with van der Waals surface area (Å²) in [4.78, 5) is 20.7. The maximum Gasteiger partial charge on any atom is 0.252 e. The van der Waals surface area contributed by atoms with Gasteiger partial charge in [0.15, 0.2) is 5.89 Å². The van der Waals surface area contributed by atoms with Crippen LogP contribution in [0.3, 0.4) is 0 Å². The molecule has 2 aromatic heterocycles. The van der Waals surface area contributed by atoms with Gasteiger partial charge in [-0.3, -0.25) is 9.78 Å². The number of rotatable bonds is 5. The van der Waals surface area contributed by atoms with Crippen LogP contribution in [0.25, 0.3) is 0 Å². The van der Waals surface area contributed by atoms with E-state index in [1.165, 1.54) is 0 Å². The molecule has 5 atom stereocenters. The normalized spacial score (nSPS) is 33.2. The van der Waals surface area contributed by atoms with E-state index in [-0.39, 0.29) is 6.04 Å². The Morgan fingerprint density at radius 2 is 2.11 bits per heavy atom. The van der Waals surface area contributed by atoms with Crippen molar-refractivity contribution in [2.75, 3.05) is 5.32 Å². The molecular formula is C21H26N4O3. The second-order valence-electron chi connectivity index (χ2n) is 9.01. The fourth-order valence-corrected chi connectivity index (χ4v) is 5.95. The molecule has 148 valence electrons. The molecule has 0 saturated heterocycles. The average Bonchev–Trinajstić information content (AvgIpc) is 3.01. The van der Waals surface area contributed by atoms with Crippen LogP contribution in [0.2, 0.25) is 0 Å². The minimum Gasteiger partial charge on any atom is -0.448 e. The van der Waals surface area contributed by atoms with Crippen LogP contribution < -0.4 is 11.1 Å². The smallest absolute Gasteiger partial charge is 0.252 e. The monoisotopic (exact) mass is 382 g/mol. The molecule has 4 saturated carbocycles. The van der Waals surface area contributed by atoms with Crippen LogP contribution in [-0.4, -0.2) is 32.6 Å². The zero-order valence-electron chi connectivity index (χ0n) is 16.0. The van der Waals surface area contributed by atoms with Crippen molar-refractivity contribution < 1.29 is 14.3 Å². The van der Waals surface area contributed by atoms with E-state index >= 15 is 0 Å². The lowest BCUT2D eigenvalue weighted by molar-refractivity contribution is -0.129. The van der Waals surface area contributed by atoms with Crippen LogP contribution in [0.5, 0.6) is 0 Å². The molecule has 1 amide bonds.